The molecule has 94 valence electrons. The minimum Gasteiger partial charge on any atom is -0.361 e. The van der Waals surface area contributed by atoms with Crippen LogP contribution < -0.4 is 0 Å². The lowest BCUT2D eigenvalue weighted by Gasteiger charge is -2.34. The normalized spacial score (nSPS) is 20.6. The Morgan fingerprint density at radius 3 is 3.00 bits per heavy atom. The first-order chi connectivity index (χ1) is 8.26. The first-order valence-corrected chi connectivity index (χ1v) is 6.52. The van der Waals surface area contributed by atoms with Crippen LogP contribution in [0, 0.1) is 0 Å². The van der Waals surface area contributed by atoms with Crippen molar-refractivity contribution < 1.29 is 9.32 Å². The van der Waals surface area contributed by atoms with Gasteiger partial charge in [0.2, 0.25) is 0 Å². The van der Waals surface area contributed by atoms with Gasteiger partial charge in [-0.2, -0.15) is 0 Å². The Bertz CT molecular complexity index is 387. The van der Waals surface area contributed by atoms with Gasteiger partial charge in [0.25, 0.3) is 5.91 Å². The molecule has 2 heterocycles. The zero-order valence-corrected chi connectivity index (χ0v) is 10.6. The fraction of sp³-hybridized carbons (Fsp3) is 0.692. The molecule has 1 aromatic heterocycles. The Morgan fingerprint density at radius 2 is 2.35 bits per heavy atom. The largest absolute Gasteiger partial charge is 0.361 e. The summed E-state index contributed by atoms with van der Waals surface area (Å²) in [6, 6.07) is 2.14. The molecule has 2 rings (SSSR count). The summed E-state index contributed by atoms with van der Waals surface area (Å²) >= 11 is 0. The molecule has 0 radical (unpaired) electrons. The van der Waals surface area contributed by atoms with Crippen LogP contribution in [0.3, 0.4) is 0 Å². The summed E-state index contributed by atoms with van der Waals surface area (Å²) in [6.07, 6.45) is 5.23. The summed E-state index contributed by atoms with van der Waals surface area (Å²) in [5, 5.41) is 3.86. The van der Waals surface area contributed by atoms with Crippen molar-refractivity contribution in [3.8, 4) is 0 Å². The summed E-state index contributed by atoms with van der Waals surface area (Å²) in [7, 11) is 0. The van der Waals surface area contributed by atoms with Gasteiger partial charge in [-0.15, -0.1) is 0 Å². The molecular formula is C13H20N2O2. The molecule has 1 aliphatic rings. The van der Waals surface area contributed by atoms with Gasteiger partial charge in [0.1, 0.15) is 5.76 Å². The fourth-order valence-corrected chi connectivity index (χ4v) is 2.42. The van der Waals surface area contributed by atoms with Gasteiger partial charge in [0.05, 0.1) is 0 Å². The highest BCUT2D eigenvalue weighted by Gasteiger charge is 2.27. The van der Waals surface area contributed by atoms with Crippen LogP contribution in [-0.2, 0) is 6.42 Å². The number of hydrogen-bond acceptors (Lipinski definition) is 3. The molecule has 1 amide bonds. The molecule has 0 bridgehead atoms. The van der Waals surface area contributed by atoms with Crippen LogP contribution in [0.2, 0.25) is 0 Å². The lowest BCUT2D eigenvalue weighted by Crippen LogP contribution is -2.43. The van der Waals surface area contributed by atoms with Crippen molar-refractivity contribution >= 4 is 5.91 Å². The van der Waals surface area contributed by atoms with Gasteiger partial charge in [-0.3, -0.25) is 4.79 Å². The van der Waals surface area contributed by atoms with E-state index < -0.39 is 0 Å². The zero-order chi connectivity index (χ0) is 12.3. The molecule has 0 aliphatic carbocycles. The summed E-state index contributed by atoms with van der Waals surface area (Å²) < 4.78 is 5.10. The Kier molecular flexibility index (Phi) is 3.82. The quantitative estimate of drug-likeness (QED) is 0.810. The van der Waals surface area contributed by atoms with Crippen molar-refractivity contribution in [2.45, 2.75) is 52.0 Å². The van der Waals surface area contributed by atoms with Crippen LogP contribution in [0.1, 0.15) is 55.8 Å². The standard InChI is InChI=1S/C13H20N2O2/c1-3-10-7-5-6-8-15(10)13(16)12-9-11(4-2)17-14-12/h9-10H,3-8H2,1-2H3. The van der Waals surface area contributed by atoms with E-state index in [4.69, 9.17) is 4.52 Å². The van der Waals surface area contributed by atoms with Crippen molar-refractivity contribution in [2.24, 2.45) is 0 Å². The Labute approximate surface area is 102 Å². The van der Waals surface area contributed by atoms with Gasteiger partial charge in [-0.05, 0) is 25.7 Å². The Hall–Kier alpha value is -1.32. The van der Waals surface area contributed by atoms with Crippen LogP contribution in [0.4, 0.5) is 0 Å². The van der Waals surface area contributed by atoms with E-state index >= 15 is 0 Å². The van der Waals surface area contributed by atoms with Crippen molar-refractivity contribution in [1.29, 1.82) is 0 Å². The molecule has 0 spiro atoms. The smallest absolute Gasteiger partial charge is 0.276 e. The van der Waals surface area contributed by atoms with Gasteiger partial charge >= 0.3 is 0 Å². The first kappa shape index (κ1) is 12.1. The maximum atomic E-state index is 12.3. The van der Waals surface area contributed by atoms with Crippen molar-refractivity contribution in [2.75, 3.05) is 6.54 Å². The number of hydrogen-bond donors (Lipinski definition) is 0. The molecule has 1 atom stereocenters. The molecule has 1 unspecified atom stereocenters. The van der Waals surface area contributed by atoms with Crippen molar-refractivity contribution in [1.82, 2.24) is 10.1 Å². The average molecular weight is 236 g/mol. The van der Waals surface area contributed by atoms with E-state index in [-0.39, 0.29) is 5.91 Å². The second kappa shape index (κ2) is 5.34. The molecular weight excluding hydrogens is 216 g/mol. The lowest BCUT2D eigenvalue weighted by molar-refractivity contribution is 0.0597. The van der Waals surface area contributed by atoms with Gasteiger partial charge in [-0.1, -0.05) is 19.0 Å². The fourth-order valence-electron chi connectivity index (χ4n) is 2.42. The highest BCUT2D eigenvalue weighted by Crippen LogP contribution is 2.21. The molecule has 0 N–H and O–H groups in total. The van der Waals surface area contributed by atoms with Crippen LogP contribution in [0.5, 0.6) is 0 Å². The van der Waals surface area contributed by atoms with Crippen molar-refractivity contribution in [3.05, 3.63) is 17.5 Å². The minimum atomic E-state index is 0.0278. The summed E-state index contributed by atoms with van der Waals surface area (Å²) in [6.45, 7) is 4.98. The average Bonchev–Trinajstić information content (AvgIpc) is 2.86. The van der Waals surface area contributed by atoms with E-state index in [1.807, 2.05) is 11.8 Å². The van der Waals surface area contributed by atoms with E-state index in [2.05, 4.69) is 12.1 Å². The van der Waals surface area contributed by atoms with Crippen molar-refractivity contribution in [3.63, 3.8) is 0 Å². The molecule has 17 heavy (non-hydrogen) atoms. The second-order valence-corrected chi connectivity index (χ2v) is 4.59. The number of aryl methyl sites for hydroxylation is 1. The molecule has 4 heteroatoms. The number of nitrogens with zero attached hydrogens (tertiary/aromatic N) is 2. The van der Waals surface area contributed by atoms with Gasteiger partial charge in [-0.25, -0.2) is 0 Å². The predicted molar refractivity (Wildman–Crippen MR) is 64.8 cm³/mol. The number of carbonyl (C=O) groups is 1. The molecule has 4 nitrogen and oxygen atoms in total. The first-order valence-electron chi connectivity index (χ1n) is 6.52. The number of likely N-dealkylation sites (tertiary alicyclic amines) is 1. The Morgan fingerprint density at radius 1 is 1.53 bits per heavy atom. The highest BCUT2D eigenvalue weighted by molar-refractivity contribution is 5.92. The van der Waals surface area contributed by atoms with E-state index in [0.29, 0.717) is 11.7 Å². The third-order valence-corrected chi connectivity index (χ3v) is 3.49. The number of rotatable bonds is 3. The number of carbonyl (C=O) groups excluding carboxylic acids is 1. The van der Waals surface area contributed by atoms with Crippen LogP contribution in [0.15, 0.2) is 10.6 Å². The van der Waals surface area contributed by atoms with Crippen LogP contribution >= 0.6 is 0 Å². The molecule has 1 fully saturated rings. The summed E-state index contributed by atoms with van der Waals surface area (Å²) in [5.41, 5.74) is 0.460. The number of amides is 1. The van der Waals surface area contributed by atoms with E-state index in [0.717, 1.165) is 38.0 Å². The van der Waals surface area contributed by atoms with E-state index in [9.17, 15) is 4.79 Å². The maximum absolute atomic E-state index is 12.3. The molecule has 1 aromatic rings. The van der Waals surface area contributed by atoms with Gasteiger partial charge < -0.3 is 9.42 Å². The van der Waals surface area contributed by atoms with Crippen LogP contribution in [-0.4, -0.2) is 28.6 Å². The SMILES string of the molecule is CCc1cc(C(=O)N2CCCCC2CC)no1. The summed E-state index contributed by atoms with van der Waals surface area (Å²) in [4.78, 5) is 14.3. The Balaban J connectivity index is 2.12. The van der Waals surface area contributed by atoms with Crippen LogP contribution in [0.25, 0.3) is 0 Å². The molecule has 1 aliphatic heterocycles. The summed E-state index contributed by atoms with van der Waals surface area (Å²) in [5.74, 6) is 0.804. The number of piperidine rings is 1. The monoisotopic (exact) mass is 236 g/mol. The van der Waals surface area contributed by atoms with E-state index in [1.165, 1.54) is 6.42 Å². The molecule has 0 aromatic carbocycles. The minimum absolute atomic E-state index is 0.0278. The third-order valence-electron chi connectivity index (χ3n) is 3.49. The van der Waals surface area contributed by atoms with Gasteiger partial charge in [0.15, 0.2) is 5.69 Å². The highest BCUT2D eigenvalue weighted by atomic mass is 16.5. The second-order valence-electron chi connectivity index (χ2n) is 4.59. The zero-order valence-electron chi connectivity index (χ0n) is 10.6. The molecule has 1 saturated heterocycles. The predicted octanol–water partition coefficient (Wildman–Crippen LogP) is 2.64. The topological polar surface area (TPSA) is 46.3 Å². The van der Waals surface area contributed by atoms with Gasteiger partial charge in [0, 0.05) is 25.1 Å². The maximum Gasteiger partial charge on any atom is 0.276 e. The third kappa shape index (κ3) is 2.51. The lowest BCUT2D eigenvalue weighted by atomic mass is 9.99. The number of aromatic nitrogens is 1. The molecule has 0 saturated carbocycles. The van der Waals surface area contributed by atoms with E-state index in [1.54, 1.807) is 6.07 Å².